The minimum atomic E-state index is -2.54. The Morgan fingerprint density at radius 3 is 0.839 bits per heavy atom. The maximum atomic E-state index is 14.1. The summed E-state index contributed by atoms with van der Waals surface area (Å²) in [5.74, 6) is -4.88. The third-order valence-corrected chi connectivity index (χ3v) is 10.8. The molecular weight excluding hydrogens is 709 g/mol. The quantitative estimate of drug-likeness (QED) is 0.143. The number of hydrogen-bond acceptors (Lipinski definition) is 9. The van der Waals surface area contributed by atoms with Gasteiger partial charge in [-0.2, -0.15) is 0 Å². The summed E-state index contributed by atoms with van der Waals surface area (Å²) in [7, 11) is 0. The van der Waals surface area contributed by atoms with Gasteiger partial charge in [0.15, 0.2) is 0 Å². The highest BCUT2D eigenvalue weighted by molar-refractivity contribution is 5.79. The van der Waals surface area contributed by atoms with E-state index in [2.05, 4.69) is 0 Å². The summed E-state index contributed by atoms with van der Waals surface area (Å²) in [6.45, 7) is 33.5. The highest BCUT2D eigenvalue weighted by Gasteiger charge is 2.55. The van der Waals surface area contributed by atoms with Gasteiger partial charge in [-0.3, -0.25) is 14.4 Å². The van der Waals surface area contributed by atoms with E-state index in [-0.39, 0.29) is 52.8 Å². The number of aromatic hydroxyl groups is 3. The molecule has 0 aliphatic heterocycles. The molecule has 0 aliphatic carbocycles. The lowest BCUT2D eigenvalue weighted by molar-refractivity contribution is -0.370. The van der Waals surface area contributed by atoms with Crippen molar-refractivity contribution in [3.05, 3.63) is 85.0 Å². The standard InChI is InChI=1S/C47H66O9/c1-25-19-34(43(7,8)9)40(51)28(4)31(25)22-37(48)54-47(46(16,17)18,55-38(49)23-32-26(2)20-35(44(10,11)12)41(52)29(32)5)56-39(50)24-33-27(3)21-36(45(13,14)15)42(53)30(33)6/h19-21,51-53H,22-24H2,1-18H3. The molecule has 0 spiro atoms. The van der Waals surface area contributed by atoms with E-state index < -0.39 is 29.3 Å². The van der Waals surface area contributed by atoms with E-state index in [1.54, 1.807) is 41.5 Å². The lowest BCUT2D eigenvalue weighted by Gasteiger charge is -2.40. The number of phenolic OH excluding ortho intramolecular Hbond substituents is 3. The van der Waals surface area contributed by atoms with Crippen LogP contribution in [0.1, 0.15) is 150 Å². The van der Waals surface area contributed by atoms with Crippen molar-refractivity contribution >= 4 is 17.9 Å². The monoisotopic (exact) mass is 774 g/mol. The normalized spacial score (nSPS) is 12.8. The number of carbonyl (C=O) groups is 3. The number of hydrogen-bond donors (Lipinski definition) is 3. The summed E-state index contributed by atoms with van der Waals surface area (Å²) in [5.41, 5.74) is 5.19. The van der Waals surface area contributed by atoms with E-state index in [9.17, 15) is 29.7 Å². The van der Waals surface area contributed by atoms with Crippen molar-refractivity contribution in [1.29, 1.82) is 0 Å². The smallest absolute Gasteiger partial charge is 0.428 e. The first-order valence-electron chi connectivity index (χ1n) is 19.4. The van der Waals surface area contributed by atoms with Gasteiger partial charge in [0, 0.05) is 0 Å². The van der Waals surface area contributed by atoms with E-state index in [0.29, 0.717) is 33.4 Å². The first-order chi connectivity index (χ1) is 25.2. The number of esters is 3. The van der Waals surface area contributed by atoms with Crippen LogP contribution in [0.5, 0.6) is 17.2 Å². The first kappa shape index (κ1) is 45.9. The average Bonchev–Trinajstić information content (AvgIpc) is 3.02. The number of aryl methyl sites for hydroxylation is 3. The second-order valence-corrected chi connectivity index (χ2v) is 19.6. The lowest BCUT2D eigenvalue weighted by Crippen LogP contribution is -2.54. The van der Waals surface area contributed by atoms with Crippen LogP contribution in [0.25, 0.3) is 0 Å². The van der Waals surface area contributed by atoms with E-state index in [1.165, 1.54) is 0 Å². The van der Waals surface area contributed by atoms with Crippen molar-refractivity contribution < 1.29 is 43.9 Å². The van der Waals surface area contributed by atoms with Gasteiger partial charge in [0.1, 0.15) is 17.2 Å². The van der Waals surface area contributed by atoms with Gasteiger partial charge in [0.05, 0.1) is 24.7 Å². The molecule has 3 rings (SSSR count). The minimum absolute atomic E-state index is 0.0729. The Morgan fingerprint density at radius 1 is 0.446 bits per heavy atom. The van der Waals surface area contributed by atoms with Crippen molar-refractivity contribution in [2.45, 2.75) is 166 Å². The Kier molecular flexibility index (Phi) is 12.9. The molecule has 56 heavy (non-hydrogen) atoms. The van der Waals surface area contributed by atoms with Crippen molar-refractivity contribution in [1.82, 2.24) is 0 Å². The third kappa shape index (κ3) is 9.70. The van der Waals surface area contributed by atoms with Gasteiger partial charge >= 0.3 is 23.9 Å². The Morgan fingerprint density at radius 2 is 0.661 bits per heavy atom. The summed E-state index contributed by atoms with van der Waals surface area (Å²) < 4.78 is 18.2. The molecule has 0 aromatic heterocycles. The molecule has 3 N–H and O–H groups in total. The zero-order chi connectivity index (χ0) is 43.3. The molecule has 0 unspecified atom stereocenters. The minimum Gasteiger partial charge on any atom is -0.507 e. The fourth-order valence-corrected chi connectivity index (χ4v) is 7.08. The fourth-order valence-electron chi connectivity index (χ4n) is 7.08. The second kappa shape index (κ2) is 15.8. The third-order valence-electron chi connectivity index (χ3n) is 10.8. The van der Waals surface area contributed by atoms with Crippen LogP contribution in [0.15, 0.2) is 18.2 Å². The molecule has 0 heterocycles. The molecule has 9 heteroatoms. The average molecular weight is 775 g/mol. The zero-order valence-corrected chi connectivity index (χ0v) is 37.1. The highest BCUT2D eigenvalue weighted by Crippen LogP contribution is 2.42. The van der Waals surface area contributed by atoms with Crippen LogP contribution in [0, 0.1) is 47.0 Å². The maximum Gasteiger partial charge on any atom is 0.428 e. The molecule has 0 amide bonds. The van der Waals surface area contributed by atoms with Crippen LogP contribution in [-0.4, -0.2) is 39.2 Å². The number of carbonyl (C=O) groups excluding carboxylic acids is 3. The summed E-state index contributed by atoms with van der Waals surface area (Å²) >= 11 is 0. The molecule has 0 bridgehead atoms. The second-order valence-electron chi connectivity index (χ2n) is 19.6. The molecule has 0 saturated heterocycles. The Balaban J connectivity index is 2.14. The molecule has 9 nitrogen and oxygen atoms in total. The van der Waals surface area contributed by atoms with Crippen LogP contribution in [-0.2, 0) is 64.1 Å². The Bertz CT molecular complexity index is 1800. The lowest BCUT2D eigenvalue weighted by atomic mass is 9.82. The van der Waals surface area contributed by atoms with Crippen LogP contribution in [0.4, 0.5) is 0 Å². The Hall–Kier alpha value is -4.53. The summed E-state index contributed by atoms with van der Waals surface area (Å²) in [6, 6.07) is 5.54. The first-order valence-corrected chi connectivity index (χ1v) is 19.4. The van der Waals surface area contributed by atoms with Crippen molar-refractivity contribution in [3.8, 4) is 17.2 Å². The number of ether oxygens (including phenoxy) is 3. The highest BCUT2D eigenvalue weighted by atomic mass is 16.9. The topological polar surface area (TPSA) is 140 Å². The molecule has 0 radical (unpaired) electrons. The van der Waals surface area contributed by atoms with E-state index >= 15 is 0 Å². The largest absolute Gasteiger partial charge is 0.507 e. The van der Waals surface area contributed by atoms with E-state index in [4.69, 9.17) is 14.2 Å². The van der Waals surface area contributed by atoms with Gasteiger partial charge < -0.3 is 29.5 Å². The summed E-state index contributed by atoms with van der Waals surface area (Å²) in [4.78, 5) is 42.2. The molecule has 3 aromatic carbocycles. The van der Waals surface area contributed by atoms with Crippen molar-refractivity contribution in [3.63, 3.8) is 0 Å². The van der Waals surface area contributed by atoms with Crippen molar-refractivity contribution in [2.75, 3.05) is 0 Å². The summed E-state index contributed by atoms with van der Waals surface area (Å²) in [6.07, 6.45) is -0.949. The van der Waals surface area contributed by atoms with Gasteiger partial charge in [-0.15, -0.1) is 0 Å². The molecule has 0 atom stereocenters. The molecular formula is C47H66O9. The predicted molar refractivity (Wildman–Crippen MR) is 220 cm³/mol. The SMILES string of the molecule is Cc1cc(C(C)(C)C)c(O)c(C)c1CC(=O)OC(OC(=O)Cc1c(C)cc(C(C)(C)C)c(O)c1C)(OC(=O)Cc1c(C)cc(C(C)(C)C)c(O)c1C)C(C)(C)C. The molecule has 308 valence electrons. The molecule has 0 aliphatic rings. The van der Waals surface area contributed by atoms with Gasteiger partial charge in [-0.1, -0.05) is 80.5 Å². The number of rotatable bonds is 9. The van der Waals surface area contributed by atoms with Crippen LogP contribution < -0.4 is 0 Å². The fraction of sp³-hybridized carbons (Fsp3) is 0.553. The van der Waals surface area contributed by atoms with Gasteiger partial charge in [-0.05, 0) is 145 Å². The molecule has 3 aromatic rings. The molecule has 0 fully saturated rings. The Labute approximate surface area is 334 Å². The number of benzene rings is 3. The predicted octanol–water partition coefficient (Wildman–Crippen LogP) is 9.90. The van der Waals surface area contributed by atoms with Gasteiger partial charge in [-0.25, -0.2) is 0 Å². The zero-order valence-electron chi connectivity index (χ0n) is 37.1. The number of phenols is 3. The van der Waals surface area contributed by atoms with E-state index in [1.807, 2.05) is 101 Å². The van der Waals surface area contributed by atoms with E-state index in [0.717, 1.165) is 33.4 Å². The van der Waals surface area contributed by atoms with Crippen LogP contribution in [0.2, 0.25) is 0 Å². The van der Waals surface area contributed by atoms with Crippen molar-refractivity contribution in [2.24, 2.45) is 5.41 Å². The van der Waals surface area contributed by atoms with Crippen LogP contribution >= 0.6 is 0 Å². The summed E-state index contributed by atoms with van der Waals surface area (Å²) in [5, 5.41) is 33.5. The maximum absolute atomic E-state index is 14.1. The van der Waals surface area contributed by atoms with Crippen LogP contribution in [0.3, 0.4) is 0 Å². The molecule has 0 saturated carbocycles. The van der Waals surface area contributed by atoms with Gasteiger partial charge in [0.2, 0.25) is 0 Å². The van der Waals surface area contributed by atoms with Gasteiger partial charge in [0.25, 0.3) is 0 Å².